The molecule has 0 spiro atoms. The first-order chi connectivity index (χ1) is 8.41. The summed E-state index contributed by atoms with van der Waals surface area (Å²) in [6.45, 7) is 0.151. The minimum absolute atomic E-state index is 0.151. The third-order valence-electron chi connectivity index (χ3n) is 3.42. The first kappa shape index (κ1) is 14.4. The second kappa shape index (κ2) is 5.81. The molecule has 0 aliphatic heterocycles. The SMILES string of the molecule is NCC1(C(=O)NC(CC(=O)O)C(=O)O)CCCC1. The summed E-state index contributed by atoms with van der Waals surface area (Å²) in [4.78, 5) is 33.4. The van der Waals surface area contributed by atoms with E-state index in [0.29, 0.717) is 12.8 Å². The van der Waals surface area contributed by atoms with E-state index in [2.05, 4.69) is 5.32 Å². The maximum absolute atomic E-state index is 12.0. The molecule has 1 fully saturated rings. The Morgan fingerprint density at radius 2 is 1.78 bits per heavy atom. The molecule has 5 N–H and O–H groups in total. The fraction of sp³-hybridized carbons (Fsp3) is 0.727. The van der Waals surface area contributed by atoms with E-state index in [1.54, 1.807) is 0 Å². The second-order valence-corrected chi connectivity index (χ2v) is 4.65. The highest BCUT2D eigenvalue weighted by Crippen LogP contribution is 2.37. The number of amides is 1. The Labute approximate surface area is 104 Å². The number of nitrogens with two attached hydrogens (primary N) is 1. The minimum Gasteiger partial charge on any atom is -0.481 e. The normalized spacial score (nSPS) is 19.2. The van der Waals surface area contributed by atoms with Gasteiger partial charge in [-0.15, -0.1) is 0 Å². The smallest absolute Gasteiger partial charge is 0.326 e. The van der Waals surface area contributed by atoms with Gasteiger partial charge in [0.15, 0.2) is 0 Å². The molecule has 0 radical (unpaired) electrons. The number of nitrogens with one attached hydrogen (secondary N) is 1. The zero-order valence-corrected chi connectivity index (χ0v) is 10.0. The number of carbonyl (C=O) groups is 3. The second-order valence-electron chi connectivity index (χ2n) is 4.65. The van der Waals surface area contributed by atoms with Gasteiger partial charge in [-0.1, -0.05) is 12.8 Å². The third-order valence-corrected chi connectivity index (χ3v) is 3.42. The van der Waals surface area contributed by atoms with Crippen molar-refractivity contribution >= 4 is 17.8 Å². The van der Waals surface area contributed by atoms with Gasteiger partial charge in [0.2, 0.25) is 5.91 Å². The number of hydrogen-bond donors (Lipinski definition) is 4. The van der Waals surface area contributed by atoms with Gasteiger partial charge in [-0.2, -0.15) is 0 Å². The molecule has 0 bridgehead atoms. The number of rotatable bonds is 6. The maximum Gasteiger partial charge on any atom is 0.326 e. The Morgan fingerprint density at radius 3 is 2.17 bits per heavy atom. The van der Waals surface area contributed by atoms with Gasteiger partial charge in [0.05, 0.1) is 11.8 Å². The highest BCUT2D eigenvalue weighted by atomic mass is 16.4. The van der Waals surface area contributed by atoms with Crippen LogP contribution in [0, 0.1) is 5.41 Å². The Kier molecular flexibility index (Phi) is 4.66. The molecule has 0 aromatic carbocycles. The lowest BCUT2D eigenvalue weighted by Gasteiger charge is -2.27. The molecule has 0 heterocycles. The van der Waals surface area contributed by atoms with Gasteiger partial charge in [-0.05, 0) is 12.8 Å². The zero-order valence-electron chi connectivity index (χ0n) is 10.0. The van der Waals surface area contributed by atoms with Crippen molar-refractivity contribution in [3.63, 3.8) is 0 Å². The molecule has 0 aromatic rings. The highest BCUT2D eigenvalue weighted by Gasteiger charge is 2.41. The van der Waals surface area contributed by atoms with Crippen LogP contribution in [0.3, 0.4) is 0 Å². The summed E-state index contributed by atoms with van der Waals surface area (Å²) in [6, 6.07) is -1.40. The molecule has 0 aromatic heterocycles. The number of hydrogen-bond acceptors (Lipinski definition) is 4. The molecule has 7 nitrogen and oxygen atoms in total. The van der Waals surface area contributed by atoms with Crippen molar-refractivity contribution in [3.05, 3.63) is 0 Å². The third kappa shape index (κ3) is 3.19. The molecule has 18 heavy (non-hydrogen) atoms. The van der Waals surface area contributed by atoms with Crippen LogP contribution in [0.1, 0.15) is 32.1 Å². The minimum atomic E-state index is -1.40. The van der Waals surface area contributed by atoms with Gasteiger partial charge in [-0.3, -0.25) is 9.59 Å². The first-order valence-electron chi connectivity index (χ1n) is 5.87. The van der Waals surface area contributed by atoms with Crippen LogP contribution in [0.4, 0.5) is 0 Å². The predicted octanol–water partition coefficient (Wildman–Crippen LogP) is -0.450. The number of carbonyl (C=O) groups excluding carboxylic acids is 1. The Balaban J connectivity index is 2.71. The summed E-state index contributed by atoms with van der Waals surface area (Å²) in [5.41, 5.74) is 4.87. The van der Waals surface area contributed by atoms with E-state index in [0.717, 1.165) is 12.8 Å². The quantitative estimate of drug-likeness (QED) is 0.510. The summed E-state index contributed by atoms with van der Waals surface area (Å²) < 4.78 is 0. The van der Waals surface area contributed by atoms with Crippen molar-refractivity contribution in [1.82, 2.24) is 5.32 Å². The lowest BCUT2D eigenvalue weighted by atomic mass is 9.85. The monoisotopic (exact) mass is 258 g/mol. The summed E-state index contributed by atoms with van der Waals surface area (Å²) in [7, 11) is 0. The fourth-order valence-corrected chi connectivity index (χ4v) is 2.26. The molecule has 1 aliphatic rings. The maximum atomic E-state index is 12.0. The van der Waals surface area contributed by atoms with E-state index in [1.165, 1.54) is 0 Å². The molecule has 1 amide bonds. The molecule has 1 unspecified atom stereocenters. The Bertz CT molecular complexity index is 349. The van der Waals surface area contributed by atoms with Gasteiger partial charge in [0, 0.05) is 6.54 Å². The van der Waals surface area contributed by atoms with Gasteiger partial charge in [0.1, 0.15) is 6.04 Å². The summed E-state index contributed by atoms with van der Waals surface area (Å²) in [5, 5.41) is 19.7. The zero-order chi connectivity index (χ0) is 13.8. The van der Waals surface area contributed by atoms with Crippen molar-refractivity contribution in [3.8, 4) is 0 Å². The van der Waals surface area contributed by atoms with Crippen LogP contribution in [0.2, 0.25) is 0 Å². The molecular formula is C11H18N2O5. The molecule has 1 saturated carbocycles. The van der Waals surface area contributed by atoms with Crippen LogP contribution >= 0.6 is 0 Å². The van der Waals surface area contributed by atoms with E-state index in [1.807, 2.05) is 0 Å². The number of carboxylic acid groups (broad SMARTS) is 2. The molecule has 1 atom stereocenters. The molecule has 1 rings (SSSR count). The molecule has 1 aliphatic carbocycles. The summed E-state index contributed by atoms with van der Waals surface area (Å²) in [6.07, 6.45) is 2.35. The topological polar surface area (TPSA) is 130 Å². The van der Waals surface area contributed by atoms with Gasteiger partial charge >= 0.3 is 11.9 Å². The van der Waals surface area contributed by atoms with E-state index in [-0.39, 0.29) is 6.54 Å². The molecular weight excluding hydrogens is 240 g/mol. The fourth-order valence-electron chi connectivity index (χ4n) is 2.26. The first-order valence-corrected chi connectivity index (χ1v) is 5.87. The van der Waals surface area contributed by atoms with Crippen LogP contribution in [-0.4, -0.2) is 40.6 Å². The lowest BCUT2D eigenvalue weighted by molar-refractivity contribution is -0.148. The van der Waals surface area contributed by atoms with E-state index >= 15 is 0 Å². The Morgan fingerprint density at radius 1 is 1.22 bits per heavy atom. The number of carboxylic acids is 2. The largest absolute Gasteiger partial charge is 0.481 e. The van der Waals surface area contributed by atoms with Crippen LogP contribution in [-0.2, 0) is 14.4 Å². The number of aliphatic carboxylic acids is 2. The summed E-state index contributed by atoms with van der Waals surface area (Å²) >= 11 is 0. The van der Waals surface area contributed by atoms with Gasteiger partial charge in [-0.25, -0.2) is 4.79 Å². The molecule has 0 saturated heterocycles. The predicted molar refractivity (Wildman–Crippen MR) is 61.8 cm³/mol. The van der Waals surface area contributed by atoms with E-state index < -0.39 is 35.7 Å². The average molecular weight is 258 g/mol. The average Bonchev–Trinajstić information content (AvgIpc) is 2.77. The van der Waals surface area contributed by atoms with E-state index in [4.69, 9.17) is 15.9 Å². The van der Waals surface area contributed by atoms with Crippen molar-refractivity contribution in [1.29, 1.82) is 0 Å². The standard InChI is InChI=1S/C11H18N2O5/c12-6-11(3-1-2-4-11)10(18)13-7(9(16)17)5-8(14)15/h7H,1-6,12H2,(H,13,18)(H,14,15)(H,16,17). The lowest BCUT2D eigenvalue weighted by Crippen LogP contribution is -2.51. The van der Waals surface area contributed by atoms with Crippen LogP contribution in [0.25, 0.3) is 0 Å². The van der Waals surface area contributed by atoms with Crippen molar-refractivity contribution in [2.24, 2.45) is 11.1 Å². The Hall–Kier alpha value is -1.63. The van der Waals surface area contributed by atoms with Crippen LogP contribution < -0.4 is 11.1 Å². The highest BCUT2D eigenvalue weighted by molar-refractivity contribution is 5.89. The molecule has 102 valence electrons. The summed E-state index contributed by atoms with van der Waals surface area (Å²) in [5.74, 6) is -3.07. The van der Waals surface area contributed by atoms with Gasteiger partial charge < -0.3 is 21.3 Å². The van der Waals surface area contributed by atoms with E-state index in [9.17, 15) is 14.4 Å². The van der Waals surface area contributed by atoms with Crippen LogP contribution in [0.15, 0.2) is 0 Å². The van der Waals surface area contributed by atoms with Crippen molar-refractivity contribution in [2.75, 3.05) is 6.54 Å². The van der Waals surface area contributed by atoms with Crippen LogP contribution in [0.5, 0.6) is 0 Å². The van der Waals surface area contributed by atoms with Gasteiger partial charge in [0.25, 0.3) is 0 Å². The van der Waals surface area contributed by atoms with Crippen molar-refractivity contribution < 1.29 is 24.6 Å². The molecule has 7 heteroatoms. The van der Waals surface area contributed by atoms with Crippen molar-refractivity contribution in [2.45, 2.75) is 38.1 Å².